The van der Waals surface area contributed by atoms with Crippen LogP contribution in [0, 0.1) is 0 Å². The van der Waals surface area contributed by atoms with E-state index in [1.165, 1.54) is 42.4 Å². The number of nitrogens with one attached hydrogen (secondary N) is 1. The molecule has 0 fully saturated rings. The number of nitrogens with two attached hydrogens (primary N) is 1. The molecule has 0 aliphatic carbocycles. The summed E-state index contributed by atoms with van der Waals surface area (Å²) < 4.78 is 2.98. The van der Waals surface area contributed by atoms with Gasteiger partial charge in [-0.3, -0.25) is 0 Å². The quantitative estimate of drug-likeness (QED) is 0.323. The van der Waals surface area contributed by atoms with Gasteiger partial charge < -0.3 is 12.4 Å². The molecule has 27 heavy (non-hydrogen) atoms. The third-order valence-corrected chi connectivity index (χ3v) is 7.43. The van der Waals surface area contributed by atoms with Gasteiger partial charge in [0, 0.05) is 0 Å². The fourth-order valence-corrected chi connectivity index (χ4v) is 6.08. The number of benzene rings is 3. The van der Waals surface area contributed by atoms with Crippen LogP contribution in [0.4, 0.5) is 22.7 Å². The normalized spacial score (nSPS) is 12.1. The van der Waals surface area contributed by atoms with Gasteiger partial charge in [0.25, 0.3) is 0 Å². The van der Waals surface area contributed by atoms with Gasteiger partial charge in [0.15, 0.2) is 0 Å². The Kier molecular flexibility index (Phi) is 6.33. The Hall–Kier alpha value is -1.71. The maximum Gasteiger partial charge on any atom is -1.00 e. The number of hydrogen-bond donors (Lipinski definition) is 2. The summed E-state index contributed by atoms with van der Waals surface area (Å²) in [5.74, 6) is 0. The second kappa shape index (κ2) is 8.53. The van der Waals surface area contributed by atoms with Gasteiger partial charge in [-0.05, 0) is 0 Å². The number of halogens is 1. The van der Waals surface area contributed by atoms with Gasteiger partial charge in [0.2, 0.25) is 0 Å². The van der Waals surface area contributed by atoms with Crippen molar-refractivity contribution in [1.82, 2.24) is 0 Å². The molecule has 3 nitrogen and oxygen atoms in total. The summed E-state index contributed by atoms with van der Waals surface area (Å²) in [6.07, 6.45) is 0. The van der Waals surface area contributed by atoms with Crippen molar-refractivity contribution in [3.63, 3.8) is 0 Å². The SMILES string of the molecule is CCNc1cc2c(c3ccccc13)[NH2+]c1ccc(N(CC)CC)cc1[Se]2.[Cl-]. The third-order valence-electron chi connectivity index (χ3n) is 5.06. The topological polar surface area (TPSA) is 31.9 Å². The van der Waals surface area contributed by atoms with Gasteiger partial charge in [0.1, 0.15) is 0 Å². The van der Waals surface area contributed by atoms with E-state index in [1.54, 1.807) is 0 Å². The zero-order valence-electron chi connectivity index (χ0n) is 16.1. The van der Waals surface area contributed by atoms with Crippen LogP contribution in [-0.4, -0.2) is 34.6 Å². The Morgan fingerprint density at radius 1 is 0.926 bits per heavy atom. The molecule has 1 aliphatic rings. The molecule has 1 heterocycles. The summed E-state index contributed by atoms with van der Waals surface area (Å²) in [6.45, 7) is 9.67. The summed E-state index contributed by atoms with van der Waals surface area (Å²) in [5, 5.41) is 8.63. The van der Waals surface area contributed by atoms with Gasteiger partial charge in [-0.15, -0.1) is 0 Å². The molecule has 3 aromatic rings. The van der Waals surface area contributed by atoms with Crippen LogP contribution in [0.3, 0.4) is 0 Å². The van der Waals surface area contributed by atoms with Crippen LogP contribution >= 0.6 is 0 Å². The fraction of sp³-hybridized carbons (Fsp3) is 0.273. The molecule has 3 aromatic carbocycles. The third kappa shape index (κ3) is 3.68. The first-order valence-electron chi connectivity index (χ1n) is 9.46. The van der Waals surface area contributed by atoms with Crippen LogP contribution in [0.1, 0.15) is 20.8 Å². The Balaban J connectivity index is 0.00000210. The van der Waals surface area contributed by atoms with Gasteiger partial charge >= 0.3 is 162 Å². The van der Waals surface area contributed by atoms with E-state index in [4.69, 9.17) is 0 Å². The van der Waals surface area contributed by atoms with Crippen molar-refractivity contribution in [2.24, 2.45) is 0 Å². The maximum absolute atomic E-state index is 3.56. The van der Waals surface area contributed by atoms with E-state index in [1.807, 2.05) is 0 Å². The first-order chi connectivity index (χ1) is 12.7. The monoisotopic (exact) mass is 447 g/mol. The van der Waals surface area contributed by atoms with E-state index in [0.29, 0.717) is 15.0 Å². The van der Waals surface area contributed by atoms with E-state index in [-0.39, 0.29) is 12.4 Å². The second-order valence-corrected chi connectivity index (χ2v) is 8.83. The molecule has 3 N–H and O–H groups in total. The van der Waals surface area contributed by atoms with Gasteiger partial charge in [0.05, 0.1) is 0 Å². The number of nitrogens with zero attached hydrogens (tertiary/aromatic N) is 1. The molecule has 5 heteroatoms. The summed E-state index contributed by atoms with van der Waals surface area (Å²) >= 11 is 0.330. The Morgan fingerprint density at radius 2 is 1.67 bits per heavy atom. The molecule has 0 bridgehead atoms. The minimum Gasteiger partial charge on any atom is -1.00 e. The van der Waals surface area contributed by atoms with E-state index < -0.39 is 0 Å². The fourth-order valence-electron chi connectivity index (χ4n) is 3.73. The van der Waals surface area contributed by atoms with Crippen LogP contribution in [0.2, 0.25) is 0 Å². The zero-order valence-corrected chi connectivity index (χ0v) is 18.5. The molecule has 0 spiro atoms. The first-order valence-corrected chi connectivity index (χ1v) is 11.2. The Labute approximate surface area is 174 Å². The maximum atomic E-state index is 3.56. The molecular weight excluding hydrogens is 421 g/mol. The summed E-state index contributed by atoms with van der Waals surface area (Å²) in [4.78, 5) is 2.43. The smallest absolute Gasteiger partial charge is 1.00 e. The molecule has 0 unspecified atom stereocenters. The molecule has 0 saturated heterocycles. The van der Waals surface area contributed by atoms with Crippen molar-refractivity contribution < 1.29 is 17.7 Å². The van der Waals surface area contributed by atoms with Gasteiger partial charge in [-0.1, -0.05) is 0 Å². The van der Waals surface area contributed by atoms with E-state index in [9.17, 15) is 0 Å². The molecule has 0 aromatic heterocycles. The second-order valence-electron chi connectivity index (χ2n) is 6.55. The summed E-state index contributed by atoms with van der Waals surface area (Å²) in [6, 6.07) is 18.1. The summed E-state index contributed by atoms with van der Waals surface area (Å²) in [5.41, 5.74) is 5.40. The van der Waals surface area contributed by atoms with Crippen LogP contribution < -0.4 is 36.9 Å². The molecular formula is C22H26ClN3Se. The number of fused-ring (bicyclic) bond motifs is 4. The predicted octanol–water partition coefficient (Wildman–Crippen LogP) is -0.383. The average molecular weight is 447 g/mol. The number of rotatable bonds is 5. The minimum absolute atomic E-state index is 0. The van der Waals surface area contributed by atoms with Gasteiger partial charge in [-0.25, -0.2) is 0 Å². The Morgan fingerprint density at radius 3 is 2.37 bits per heavy atom. The largest absolute Gasteiger partial charge is 1.00 e. The van der Waals surface area contributed by atoms with Crippen molar-refractivity contribution in [3.05, 3.63) is 48.5 Å². The molecule has 0 saturated carbocycles. The van der Waals surface area contributed by atoms with Crippen LogP contribution in [0.5, 0.6) is 0 Å². The molecule has 4 rings (SSSR count). The molecule has 0 radical (unpaired) electrons. The van der Waals surface area contributed by atoms with Gasteiger partial charge in [-0.2, -0.15) is 0 Å². The standard InChI is InChI=1S/C22H25N3Se.ClH/c1-4-23-19-14-21-22(17-10-8-7-9-16(17)19)24-18-12-11-15(13-20(18)26-21)25(5-2)6-3;/h7-14,23-24H,4-6H2,1-3H3;1H. The van der Waals surface area contributed by atoms with Crippen molar-refractivity contribution in [3.8, 4) is 0 Å². The van der Waals surface area contributed by atoms with Crippen molar-refractivity contribution >= 4 is 57.4 Å². The predicted molar refractivity (Wildman–Crippen MR) is 114 cm³/mol. The molecule has 0 atom stereocenters. The first kappa shape index (κ1) is 20.0. The van der Waals surface area contributed by atoms with Crippen molar-refractivity contribution in [2.75, 3.05) is 29.9 Å². The van der Waals surface area contributed by atoms with E-state index in [0.717, 1.165) is 19.6 Å². The van der Waals surface area contributed by atoms with Crippen LogP contribution in [-0.2, 0) is 0 Å². The molecule has 0 amide bonds. The minimum atomic E-state index is 0. The number of anilines is 2. The van der Waals surface area contributed by atoms with E-state index >= 15 is 0 Å². The van der Waals surface area contributed by atoms with E-state index in [2.05, 4.69) is 84.8 Å². The van der Waals surface area contributed by atoms with Crippen LogP contribution in [0.15, 0.2) is 48.5 Å². The number of quaternary nitrogens is 1. The number of hydrogen-bond acceptors (Lipinski definition) is 2. The zero-order chi connectivity index (χ0) is 18.1. The molecule has 1 aliphatic heterocycles. The van der Waals surface area contributed by atoms with Crippen LogP contribution in [0.25, 0.3) is 10.8 Å². The Bertz CT molecular complexity index is 954. The summed E-state index contributed by atoms with van der Waals surface area (Å²) in [7, 11) is 0. The average Bonchev–Trinajstić information content (AvgIpc) is 2.68. The molecule has 142 valence electrons. The van der Waals surface area contributed by atoms with Crippen molar-refractivity contribution in [2.45, 2.75) is 20.8 Å². The van der Waals surface area contributed by atoms with Crippen molar-refractivity contribution in [1.29, 1.82) is 0 Å².